The molecule has 210 valence electrons. The number of pyridine rings is 3. The summed E-state index contributed by atoms with van der Waals surface area (Å²) < 4.78 is 25.0. The topological polar surface area (TPSA) is 133 Å². The van der Waals surface area contributed by atoms with E-state index in [1.54, 1.807) is 29.4 Å². The summed E-state index contributed by atoms with van der Waals surface area (Å²) in [6.07, 6.45) is 3.21. The van der Waals surface area contributed by atoms with Crippen LogP contribution in [-0.2, 0) is 9.53 Å². The molecular formula is C29H33FN6O4. The van der Waals surface area contributed by atoms with Crippen molar-refractivity contribution in [1.82, 2.24) is 19.9 Å². The van der Waals surface area contributed by atoms with Crippen LogP contribution in [-0.4, -0.2) is 62.7 Å². The van der Waals surface area contributed by atoms with Crippen molar-refractivity contribution >= 4 is 34.3 Å². The van der Waals surface area contributed by atoms with Gasteiger partial charge in [0.15, 0.2) is 0 Å². The number of nitrogens with one attached hydrogen (secondary N) is 1. The van der Waals surface area contributed by atoms with E-state index in [1.165, 1.54) is 0 Å². The number of fused-ring (bicyclic) bond motifs is 2. The maximum Gasteiger partial charge on any atom is 0.340 e. The number of nitrogens with two attached hydrogens (primary N) is 1. The van der Waals surface area contributed by atoms with E-state index < -0.39 is 17.7 Å². The van der Waals surface area contributed by atoms with Crippen molar-refractivity contribution in [1.29, 1.82) is 0 Å². The third-order valence-corrected chi connectivity index (χ3v) is 8.28. The first kappa shape index (κ1) is 26.4. The molecule has 4 atom stereocenters. The van der Waals surface area contributed by atoms with E-state index in [1.807, 2.05) is 33.8 Å². The van der Waals surface area contributed by atoms with Gasteiger partial charge in [-0.1, -0.05) is 13.8 Å². The number of esters is 1. The summed E-state index contributed by atoms with van der Waals surface area (Å²) in [7, 11) is 0. The molecule has 6 rings (SSSR count). The quantitative estimate of drug-likeness (QED) is 0.417. The molecule has 10 nitrogen and oxygen atoms in total. The minimum Gasteiger partial charge on any atom is -0.470 e. The van der Waals surface area contributed by atoms with Gasteiger partial charge in [0.1, 0.15) is 29.5 Å². The lowest BCUT2D eigenvalue weighted by Gasteiger charge is -2.39. The van der Waals surface area contributed by atoms with Crippen LogP contribution in [0.5, 0.6) is 5.88 Å². The van der Waals surface area contributed by atoms with Crippen LogP contribution in [0, 0.1) is 5.92 Å². The Morgan fingerprint density at radius 1 is 1.25 bits per heavy atom. The van der Waals surface area contributed by atoms with Crippen LogP contribution in [0.15, 0.2) is 30.6 Å². The number of halogens is 1. The number of carbonyl (C=O) groups is 2. The molecule has 0 aromatic carbocycles. The van der Waals surface area contributed by atoms with Crippen LogP contribution in [0.3, 0.4) is 0 Å². The molecule has 0 radical (unpaired) electrons. The molecule has 1 aliphatic carbocycles. The van der Waals surface area contributed by atoms with Crippen LogP contribution < -0.4 is 15.8 Å². The number of aromatic nitrogens is 3. The maximum atomic E-state index is 13.3. The molecule has 3 aliphatic rings. The average molecular weight is 549 g/mol. The number of nitrogens with zero attached hydrogens (tertiary/aromatic N) is 4. The molecule has 1 saturated heterocycles. The summed E-state index contributed by atoms with van der Waals surface area (Å²) in [5.74, 6) is 0.423. The maximum absolute atomic E-state index is 13.3. The van der Waals surface area contributed by atoms with E-state index in [2.05, 4.69) is 15.3 Å². The van der Waals surface area contributed by atoms with Crippen molar-refractivity contribution in [2.45, 2.75) is 70.4 Å². The first-order valence-electron chi connectivity index (χ1n) is 13.7. The van der Waals surface area contributed by atoms with Gasteiger partial charge >= 0.3 is 5.97 Å². The number of amides is 1. The van der Waals surface area contributed by atoms with Gasteiger partial charge in [0.2, 0.25) is 11.8 Å². The fourth-order valence-corrected chi connectivity index (χ4v) is 5.20. The monoisotopic (exact) mass is 548 g/mol. The summed E-state index contributed by atoms with van der Waals surface area (Å²) in [5.41, 5.74) is 7.77. The normalized spacial score (nSPS) is 24.1. The van der Waals surface area contributed by atoms with Crippen LogP contribution in [0.4, 0.5) is 16.0 Å². The van der Waals surface area contributed by atoms with Gasteiger partial charge in [0.25, 0.3) is 0 Å². The molecule has 5 heterocycles. The predicted octanol–water partition coefficient (Wildman–Crippen LogP) is 4.18. The van der Waals surface area contributed by atoms with Crippen LogP contribution in [0.25, 0.3) is 10.8 Å². The Kier molecular flexibility index (Phi) is 6.36. The molecule has 0 unspecified atom stereocenters. The highest BCUT2D eigenvalue weighted by molar-refractivity contribution is 5.93. The van der Waals surface area contributed by atoms with Gasteiger partial charge in [0.05, 0.1) is 35.7 Å². The van der Waals surface area contributed by atoms with E-state index in [9.17, 15) is 14.0 Å². The Hall–Kier alpha value is -3.86. The smallest absolute Gasteiger partial charge is 0.340 e. The summed E-state index contributed by atoms with van der Waals surface area (Å²) in [6, 6.07) is 5.10. The van der Waals surface area contributed by atoms with Gasteiger partial charge in [-0.15, -0.1) is 0 Å². The Balaban J connectivity index is 1.26. The summed E-state index contributed by atoms with van der Waals surface area (Å²) in [6.45, 7) is 8.56. The lowest BCUT2D eigenvalue weighted by atomic mass is 9.84. The lowest BCUT2D eigenvalue weighted by Crippen LogP contribution is -2.56. The number of alkyl halides is 1. The van der Waals surface area contributed by atoms with E-state index >= 15 is 0 Å². The number of hydrogen-bond acceptors (Lipinski definition) is 9. The second-order valence-electron chi connectivity index (χ2n) is 11.5. The van der Waals surface area contributed by atoms with Crippen molar-refractivity contribution in [3.8, 4) is 5.88 Å². The predicted molar refractivity (Wildman–Crippen MR) is 146 cm³/mol. The molecule has 3 aromatic rings. The summed E-state index contributed by atoms with van der Waals surface area (Å²) in [4.78, 5) is 40.2. The third kappa shape index (κ3) is 4.61. The molecule has 2 aliphatic heterocycles. The highest BCUT2D eigenvalue weighted by Gasteiger charge is 2.48. The largest absolute Gasteiger partial charge is 0.470 e. The van der Waals surface area contributed by atoms with E-state index in [-0.39, 0.29) is 29.9 Å². The minimum absolute atomic E-state index is 0.0909. The Morgan fingerprint density at radius 3 is 2.70 bits per heavy atom. The second kappa shape index (κ2) is 9.65. The average Bonchev–Trinajstić information content (AvgIpc) is 3.64. The fraction of sp³-hybridized carbons (Fsp3) is 0.483. The zero-order chi connectivity index (χ0) is 28.3. The number of carbonyl (C=O) groups excluding carboxylic acids is 2. The SMILES string of the molecule is CC[C@H](N)c1cnc(OC2CN(C(=O)[C@@H]3C[C@@H]3F)C2)c2cnc(Nc3ccc4c(n3)[C@@H](C)C(C)(C)OC4=O)cc12. The third-order valence-electron chi connectivity index (χ3n) is 8.28. The van der Waals surface area contributed by atoms with Gasteiger partial charge in [-0.05, 0) is 55.8 Å². The number of ether oxygens (including phenoxy) is 2. The van der Waals surface area contributed by atoms with Crippen LogP contribution in [0.1, 0.15) is 74.1 Å². The molecule has 0 spiro atoms. The van der Waals surface area contributed by atoms with Crippen molar-refractivity contribution in [2.75, 3.05) is 18.4 Å². The highest BCUT2D eigenvalue weighted by Crippen LogP contribution is 2.39. The molecule has 0 bridgehead atoms. The summed E-state index contributed by atoms with van der Waals surface area (Å²) in [5, 5.41) is 4.82. The molecule has 40 heavy (non-hydrogen) atoms. The molecule has 3 aromatic heterocycles. The van der Waals surface area contributed by atoms with Crippen LogP contribution in [0.2, 0.25) is 0 Å². The molecule has 1 saturated carbocycles. The van der Waals surface area contributed by atoms with E-state index in [0.29, 0.717) is 60.1 Å². The lowest BCUT2D eigenvalue weighted by molar-refractivity contribution is -0.141. The summed E-state index contributed by atoms with van der Waals surface area (Å²) >= 11 is 0. The van der Waals surface area contributed by atoms with Gasteiger partial charge in [-0.3, -0.25) is 4.79 Å². The highest BCUT2D eigenvalue weighted by atomic mass is 19.1. The van der Waals surface area contributed by atoms with E-state index in [4.69, 9.17) is 20.2 Å². The molecule has 1 amide bonds. The van der Waals surface area contributed by atoms with Gasteiger partial charge in [0, 0.05) is 24.4 Å². The number of likely N-dealkylation sites (tertiary alicyclic amines) is 1. The minimum atomic E-state index is -1.01. The van der Waals surface area contributed by atoms with Crippen molar-refractivity contribution in [2.24, 2.45) is 11.7 Å². The van der Waals surface area contributed by atoms with E-state index in [0.717, 1.165) is 10.9 Å². The molecule has 3 N–H and O–H groups in total. The zero-order valence-electron chi connectivity index (χ0n) is 23.0. The number of hydrogen-bond donors (Lipinski definition) is 2. The Labute approximate surface area is 231 Å². The van der Waals surface area contributed by atoms with Crippen molar-refractivity contribution in [3.05, 3.63) is 47.4 Å². The van der Waals surface area contributed by atoms with Gasteiger partial charge in [-0.25, -0.2) is 24.1 Å². The first-order chi connectivity index (χ1) is 19.1. The number of cyclic esters (lactones) is 1. The second-order valence-corrected chi connectivity index (χ2v) is 11.5. The van der Waals surface area contributed by atoms with Crippen LogP contribution >= 0.6 is 0 Å². The first-order valence-corrected chi connectivity index (χ1v) is 13.7. The number of anilines is 2. The Bertz CT molecular complexity index is 1510. The molecule has 11 heteroatoms. The Morgan fingerprint density at radius 2 is 2.00 bits per heavy atom. The standard InChI is InChI=1S/C29H33FN6O4/c1-5-22(31)19-10-33-26(39-15-12-36(13-15)27(37)18-8-21(18)30)20-11-32-24(9-17(19)20)34-23-7-6-16-25(35-23)14(2)29(3,4)40-28(16)38/h6-7,9-11,14-15,18,21-22H,5,8,12-13,31H2,1-4H3,(H,32,34,35)/t14-,18-,21+,22+/m1/s1. The molecule has 2 fully saturated rings. The molecular weight excluding hydrogens is 515 g/mol. The fourth-order valence-electron chi connectivity index (χ4n) is 5.20. The van der Waals surface area contributed by atoms with Gasteiger partial charge < -0.3 is 25.4 Å². The van der Waals surface area contributed by atoms with Gasteiger partial charge in [-0.2, -0.15) is 0 Å². The van der Waals surface area contributed by atoms with Crippen molar-refractivity contribution < 1.29 is 23.5 Å². The van der Waals surface area contributed by atoms with Crippen molar-refractivity contribution in [3.63, 3.8) is 0 Å². The number of rotatable bonds is 7. The zero-order valence-corrected chi connectivity index (χ0v) is 23.0.